The summed E-state index contributed by atoms with van der Waals surface area (Å²) >= 11 is 0. The fourth-order valence-electron chi connectivity index (χ4n) is 0.949. The van der Waals surface area contributed by atoms with Crippen molar-refractivity contribution in [2.45, 2.75) is 6.43 Å². The standard InChI is InChI=1S/C9H7F2NO/c1-13-8-3-2-6(9(10)11)4-7(8)5-12/h2-4,9H,1H3. The Morgan fingerprint density at radius 2 is 2.15 bits per heavy atom. The summed E-state index contributed by atoms with van der Waals surface area (Å²) < 4.78 is 29.1. The molecule has 0 amide bonds. The van der Waals surface area contributed by atoms with Gasteiger partial charge in [-0.3, -0.25) is 0 Å². The maximum Gasteiger partial charge on any atom is 0.263 e. The average molecular weight is 183 g/mol. The number of methoxy groups -OCH3 is 1. The van der Waals surface area contributed by atoms with Crippen LogP contribution < -0.4 is 4.74 Å². The Kier molecular flexibility index (Phi) is 2.80. The van der Waals surface area contributed by atoms with Crippen molar-refractivity contribution in [2.75, 3.05) is 7.11 Å². The summed E-state index contributed by atoms with van der Waals surface area (Å²) in [4.78, 5) is 0. The fraction of sp³-hybridized carbons (Fsp3) is 0.222. The number of hydrogen-bond donors (Lipinski definition) is 0. The molecule has 0 aliphatic heterocycles. The lowest BCUT2D eigenvalue weighted by Crippen LogP contribution is -1.91. The predicted octanol–water partition coefficient (Wildman–Crippen LogP) is 2.50. The third kappa shape index (κ3) is 1.94. The summed E-state index contributed by atoms with van der Waals surface area (Å²) in [6.07, 6.45) is -2.56. The van der Waals surface area contributed by atoms with Crippen molar-refractivity contribution in [1.82, 2.24) is 0 Å². The van der Waals surface area contributed by atoms with Crippen LogP contribution in [0.25, 0.3) is 0 Å². The highest BCUT2D eigenvalue weighted by atomic mass is 19.3. The highest BCUT2D eigenvalue weighted by Gasteiger charge is 2.10. The largest absolute Gasteiger partial charge is 0.495 e. The van der Waals surface area contributed by atoms with Gasteiger partial charge in [0.25, 0.3) is 6.43 Å². The van der Waals surface area contributed by atoms with E-state index in [9.17, 15) is 8.78 Å². The minimum atomic E-state index is -2.56. The molecule has 68 valence electrons. The van der Waals surface area contributed by atoms with Gasteiger partial charge in [0.1, 0.15) is 11.8 Å². The minimum absolute atomic E-state index is 0.125. The van der Waals surface area contributed by atoms with Crippen LogP contribution in [-0.4, -0.2) is 7.11 Å². The second kappa shape index (κ2) is 3.85. The Hall–Kier alpha value is -1.63. The fourth-order valence-corrected chi connectivity index (χ4v) is 0.949. The summed E-state index contributed by atoms with van der Waals surface area (Å²) in [5, 5.41) is 8.58. The summed E-state index contributed by atoms with van der Waals surface area (Å²) in [6.45, 7) is 0. The van der Waals surface area contributed by atoms with Gasteiger partial charge in [-0.2, -0.15) is 5.26 Å². The quantitative estimate of drug-likeness (QED) is 0.705. The number of ether oxygens (including phenoxy) is 1. The van der Waals surface area contributed by atoms with E-state index in [1.165, 1.54) is 19.2 Å². The first-order valence-corrected chi connectivity index (χ1v) is 3.55. The third-order valence-corrected chi connectivity index (χ3v) is 1.60. The molecule has 0 bridgehead atoms. The molecule has 0 saturated carbocycles. The van der Waals surface area contributed by atoms with Crippen molar-refractivity contribution in [3.63, 3.8) is 0 Å². The van der Waals surface area contributed by atoms with E-state index in [0.29, 0.717) is 5.75 Å². The van der Waals surface area contributed by atoms with Crippen molar-refractivity contribution in [3.8, 4) is 11.8 Å². The van der Waals surface area contributed by atoms with E-state index in [-0.39, 0.29) is 11.1 Å². The molecule has 0 heterocycles. The lowest BCUT2D eigenvalue weighted by Gasteiger charge is -2.04. The number of hydrogen-bond acceptors (Lipinski definition) is 2. The van der Waals surface area contributed by atoms with Crippen LogP contribution in [0.15, 0.2) is 18.2 Å². The molecule has 13 heavy (non-hydrogen) atoms. The zero-order valence-corrected chi connectivity index (χ0v) is 6.92. The summed E-state index contributed by atoms with van der Waals surface area (Å²) in [5.41, 5.74) is -0.0438. The molecule has 2 nitrogen and oxygen atoms in total. The topological polar surface area (TPSA) is 33.0 Å². The van der Waals surface area contributed by atoms with E-state index in [1.54, 1.807) is 6.07 Å². The van der Waals surface area contributed by atoms with Gasteiger partial charge in [0, 0.05) is 5.56 Å². The van der Waals surface area contributed by atoms with E-state index in [4.69, 9.17) is 10.00 Å². The monoisotopic (exact) mass is 183 g/mol. The molecule has 1 aromatic carbocycles. The Balaban J connectivity index is 3.15. The van der Waals surface area contributed by atoms with Gasteiger partial charge in [-0.25, -0.2) is 8.78 Å². The van der Waals surface area contributed by atoms with Crippen LogP contribution in [-0.2, 0) is 0 Å². The molecule has 0 aliphatic rings. The molecule has 0 spiro atoms. The maximum absolute atomic E-state index is 12.2. The molecule has 0 N–H and O–H groups in total. The Morgan fingerprint density at radius 3 is 2.62 bits per heavy atom. The zero-order chi connectivity index (χ0) is 9.84. The molecule has 0 aliphatic carbocycles. The third-order valence-electron chi connectivity index (χ3n) is 1.60. The predicted molar refractivity (Wildman–Crippen MR) is 42.7 cm³/mol. The van der Waals surface area contributed by atoms with Crippen LogP contribution in [0.4, 0.5) is 8.78 Å². The number of alkyl halides is 2. The maximum atomic E-state index is 12.2. The van der Waals surface area contributed by atoms with Gasteiger partial charge in [-0.05, 0) is 18.2 Å². The lowest BCUT2D eigenvalue weighted by molar-refractivity contribution is 0.151. The molecule has 4 heteroatoms. The first kappa shape index (κ1) is 9.46. The second-order valence-corrected chi connectivity index (χ2v) is 2.37. The molecule has 1 aromatic rings. The normalized spacial score (nSPS) is 9.77. The summed E-state index contributed by atoms with van der Waals surface area (Å²) in [6, 6.07) is 5.51. The van der Waals surface area contributed by atoms with Crippen molar-refractivity contribution in [2.24, 2.45) is 0 Å². The Labute approximate surface area is 74.4 Å². The molecule has 0 unspecified atom stereocenters. The molecule has 0 saturated heterocycles. The number of rotatable bonds is 2. The zero-order valence-electron chi connectivity index (χ0n) is 6.92. The first-order valence-electron chi connectivity index (χ1n) is 3.55. The second-order valence-electron chi connectivity index (χ2n) is 2.37. The van der Waals surface area contributed by atoms with E-state index in [0.717, 1.165) is 6.07 Å². The van der Waals surface area contributed by atoms with Crippen molar-refractivity contribution >= 4 is 0 Å². The first-order chi connectivity index (χ1) is 6.19. The van der Waals surface area contributed by atoms with E-state index >= 15 is 0 Å². The van der Waals surface area contributed by atoms with Gasteiger partial charge in [-0.15, -0.1) is 0 Å². The van der Waals surface area contributed by atoms with Crippen LogP contribution in [0.5, 0.6) is 5.75 Å². The molecular weight excluding hydrogens is 176 g/mol. The highest BCUT2D eigenvalue weighted by molar-refractivity contribution is 5.45. The van der Waals surface area contributed by atoms with Gasteiger partial charge >= 0.3 is 0 Å². The van der Waals surface area contributed by atoms with Crippen molar-refractivity contribution in [1.29, 1.82) is 5.26 Å². The lowest BCUT2D eigenvalue weighted by atomic mass is 10.1. The number of nitriles is 1. The van der Waals surface area contributed by atoms with Gasteiger partial charge in [-0.1, -0.05) is 0 Å². The van der Waals surface area contributed by atoms with Crippen LogP contribution in [0.3, 0.4) is 0 Å². The van der Waals surface area contributed by atoms with Gasteiger partial charge < -0.3 is 4.74 Å². The number of halogens is 2. The van der Waals surface area contributed by atoms with Crippen LogP contribution in [0.2, 0.25) is 0 Å². The molecule has 0 radical (unpaired) electrons. The van der Waals surface area contributed by atoms with Gasteiger partial charge in [0.05, 0.1) is 12.7 Å². The average Bonchev–Trinajstić information content (AvgIpc) is 2.16. The van der Waals surface area contributed by atoms with E-state index in [1.807, 2.05) is 0 Å². The summed E-state index contributed by atoms with van der Waals surface area (Å²) in [7, 11) is 1.39. The number of benzene rings is 1. The highest BCUT2D eigenvalue weighted by Crippen LogP contribution is 2.25. The van der Waals surface area contributed by atoms with Crippen LogP contribution >= 0.6 is 0 Å². The van der Waals surface area contributed by atoms with Crippen LogP contribution in [0.1, 0.15) is 17.6 Å². The minimum Gasteiger partial charge on any atom is -0.495 e. The molecule has 0 atom stereocenters. The number of nitrogens with zero attached hydrogens (tertiary/aromatic N) is 1. The van der Waals surface area contributed by atoms with Gasteiger partial charge in [0.15, 0.2) is 0 Å². The van der Waals surface area contributed by atoms with E-state index < -0.39 is 6.43 Å². The van der Waals surface area contributed by atoms with E-state index in [2.05, 4.69) is 0 Å². The molecule has 0 aromatic heterocycles. The Morgan fingerprint density at radius 1 is 1.46 bits per heavy atom. The SMILES string of the molecule is COc1ccc(C(F)F)cc1C#N. The molecule has 0 fully saturated rings. The molecular formula is C9H7F2NO. The smallest absolute Gasteiger partial charge is 0.263 e. The van der Waals surface area contributed by atoms with Crippen molar-refractivity contribution in [3.05, 3.63) is 29.3 Å². The van der Waals surface area contributed by atoms with Crippen molar-refractivity contribution < 1.29 is 13.5 Å². The van der Waals surface area contributed by atoms with Gasteiger partial charge in [0.2, 0.25) is 0 Å². The summed E-state index contributed by atoms with van der Waals surface area (Å²) in [5.74, 6) is 0.312. The Bertz CT molecular complexity index is 344. The van der Waals surface area contributed by atoms with Crippen LogP contribution in [0, 0.1) is 11.3 Å². The molecule has 1 rings (SSSR count).